The first-order chi connectivity index (χ1) is 7.74. The van der Waals surface area contributed by atoms with Crippen LogP contribution in [-0.4, -0.2) is 30.1 Å². The second-order valence-electron chi connectivity index (χ2n) is 6.48. The van der Waals surface area contributed by atoms with Crippen LogP contribution in [0.4, 0.5) is 0 Å². The lowest BCUT2D eigenvalue weighted by molar-refractivity contribution is 0.0965. The summed E-state index contributed by atoms with van der Waals surface area (Å²) in [6, 6.07) is 2.24. The molecule has 0 aromatic heterocycles. The minimum Gasteiger partial charge on any atom is -0.328 e. The summed E-state index contributed by atoms with van der Waals surface area (Å²) >= 11 is 0. The van der Waals surface area contributed by atoms with Crippen molar-refractivity contribution in [3.8, 4) is 0 Å². The van der Waals surface area contributed by atoms with Gasteiger partial charge in [-0.15, -0.1) is 0 Å². The third-order valence-corrected chi connectivity index (χ3v) is 5.54. The third-order valence-electron chi connectivity index (χ3n) is 5.54. The van der Waals surface area contributed by atoms with E-state index in [9.17, 15) is 0 Å². The van der Waals surface area contributed by atoms with Gasteiger partial charge in [0.15, 0.2) is 0 Å². The van der Waals surface area contributed by atoms with Crippen LogP contribution in [0.25, 0.3) is 0 Å². The molecule has 2 N–H and O–H groups in total. The Morgan fingerprint density at radius 1 is 0.938 bits per heavy atom. The fraction of sp³-hybridized carbons (Fsp3) is 1.00. The molecule has 3 aliphatic rings. The van der Waals surface area contributed by atoms with Gasteiger partial charge in [-0.2, -0.15) is 0 Å². The Morgan fingerprint density at radius 2 is 1.69 bits per heavy atom. The lowest BCUT2D eigenvalue weighted by atomic mass is 9.87. The summed E-state index contributed by atoms with van der Waals surface area (Å²) in [5, 5.41) is 0. The third kappa shape index (κ3) is 1.91. The van der Waals surface area contributed by atoms with Crippen molar-refractivity contribution >= 4 is 0 Å². The van der Waals surface area contributed by atoms with E-state index in [0.717, 1.165) is 23.9 Å². The van der Waals surface area contributed by atoms with E-state index in [-0.39, 0.29) is 0 Å². The Balaban J connectivity index is 1.58. The van der Waals surface area contributed by atoms with Crippen molar-refractivity contribution in [1.82, 2.24) is 4.90 Å². The fourth-order valence-electron chi connectivity index (χ4n) is 4.49. The minimum atomic E-state index is 0.490. The number of rotatable bonds is 2. The van der Waals surface area contributed by atoms with Gasteiger partial charge in [0.1, 0.15) is 0 Å². The molecule has 3 aliphatic carbocycles. The fourth-order valence-corrected chi connectivity index (χ4v) is 4.49. The van der Waals surface area contributed by atoms with Gasteiger partial charge < -0.3 is 10.6 Å². The second kappa shape index (κ2) is 4.30. The molecule has 3 saturated carbocycles. The highest BCUT2D eigenvalue weighted by atomic mass is 15.2. The van der Waals surface area contributed by atoms with E-state index < -0.39 is 0 Å². The van der Waals surface area contributed by atoms with E-state index in [0.29, 0.717) is 6.04 Å². The first-order valence-corrected chi connectivity index (χ1v) is 7.21. The van der Waals surface area contributed by atoms with E-state index in [1.807, 2.05) is 0 Å². The van der Waals surface area contributed by atoms with Crippen LogP contribution in [0.2, 0.25) is 0 Å². The van der Waals surface area contributed by atoms with Crippen LogP contribution in [0, 0.1) is 11.8 Å². The summed E-state index contributed by atoms with van der Waals surface area (Å²) < 4.78 is 0. The van der Waals surface area contributed by atoms with E-state index in [4.69, 9.17) is 5.73 Å². The van der Waals surface area contributed by atoms with Gasteiger partial charge in [-0.3, -0.25) is 0 Å². The zero-order valence-electron chi connectivity index (χ0n) is 10.6. The lowest BCUT2D eigenvalue weighted by Crippen LogP contribution is -2.46. The molecular weight excluding hydrogens is 196 g/mol. The number of fused-ring (bicyclic) bond motifs is 2. The Kier molecular flexibility index (Phi) is 2.97. The first-order valence-electron chi connectivity index (χ1n) is 7.21. The van der Waals surface area contributed by atoms with E-state index in [2.05, 4.69) is 11.9 Å². The van der Waals surface area contributed by atoms with Crippen molar-refractivity contribution in [3.05, 3.63) is 0 Å². The van der Waals surface area contributed by atoms with Gasteiger partial charge in [-0.25, -0.2) is 0 Å². The van der Waals surface area contributed by atoms with Crippen molar-refractivity contribution in [2.24, 2.45) is 17.6 Å². The van der Waals surface area contributed by atoms with E-state index >= 15 is 0 Å². The van der Waals surface area contributed by atoms with Crippen molar-refractivity contribution in [2.75, 3.05) is 7.05 Å². The number of hydrogen-bond donors (Lipinski definition) is 1. The Bertz CT molecular complexity index is 245. The predicted molar refractivity (Wildman–Crippen MR) is 67.2 cm³/mol. The molecule has 0 aromatic rings. The molecule has 2 bridgehead atoms. The van der Waals surface area contributed by atoms with Crippen LogP contribution in [0.15, 0.2) is 0 Å². The smallest absolute Gasteiger partial charge is 0.0126 e. The van der Waals surface area contributed by atoms with Crippen molar-refractivity contribution in [2.45, 2.75) is 69.5 Å². The van der Waals surface area contributed by atoms with E-state index in [1.165, 1.54) is 51.4 Å². The number of nitrogens with zero attached hydrogens (tertiary/aromatic N) is 1. The van der Waals surface area contributed by atoms with Gasteiger partial charge in [0, 0.05) is 18.1 Å². The average molecular weight is 222 g/mol. The van der Waals surface area contributed by atoms with Gasteiger partial charge in [0.25, 0.3) is 0 Å². The minimum absolute atomic E-state index is 0.490. The van der Waals surface area contributed by atoms with Crippen molar-refractivity contribution in [1.29, 1.82) is 0 Å². The molecular formula is C14H26N2. The molecule has 0 spiro atoms. The maximum absolute atomic E-state index is 5.99. The predicted octanol–water partition coefficient (Wildman–Crippen LogP) is 2.38. The van der Waals surface area contributed by atoms with Crippen LogP contribution < -0.4 is 5.73 Å². The topological polar surface area (TPSA) is 29.3 Å². The van der Waals surface area contributed by atoms with Crippen LogP contribution in [0.5, 0.6) is 0 Å². The SMILES string of the molecule is CN(C1CCC(N)CC1)C1CC2CCC1C2. The maximum Gasteiger partial charge on any atom is 0.0126 e. The zero-order valence-corrected chi connectivity index (χ0v) is 10.6. The average Bonchev–Trinajstić information content (AvgIpc) is 2.91. The van der Waals surface area contributed by atoms with Crippen LogP contribution in [0.3, 0.4) is 0 Å². The highest BCUT2D eigenvalue weighted by Crippen LogP contribution is 2.47. The highest BCUT2D eigenvalue weighted by molar-refractivity contribution is 4.96. The van der Waals surface area contributed by atoms with Gasteiger partial charge in [0.05, 0.1) is 0 Å². The summed E-state index contributed by atoms with van der Waals surface area (Å²) in [6.07, 6.45) is 11.2. The molecule has 92 valence electrons. The standard InChI is InChI=1S/C14H26N2/c1-16(13-6-4-12(15)5-7-13)14-9-10-2-3-11(14)8-10/h10-14H,2-9,15H2,1H3. The lowest BCUT2D eigenvalue weighted by Gasteiger charge is -2.40. The van der Waals surface area contributed by atoms with Gasteiger partial charge in [-0.1, -0.05) is 6.42 Å². The monoisotopic (exact) mass is 222 g/mol. The van der Waals surface area contributed by atoms with Crippen LogP contribution in [-0.2, 0) is 0 Å². The number of nitrogens with two attached hydrogens (primary N) is 1. The summed E-state index contributed by atoms with van der Waals surface area (Å²) in [5.41, 5.74) is 5.99. The Hall–Kier alpha value is -0.0800. The molecule has 2 nitrogen and oxygen atoms in total. The molecule has 3 unspecified atom stereocenters. The van der Waals surface area contributed by atoms with Crippen LogP contribution >= 0.6 is 0 Å². The summed E-state index contributed by atoms with van der Waals surface area (Å²) in [6.45, 7) is 0. The quantitative estimate of drug-likeness (QED) is 0.777. The molecule has 3 atom stereocenters. The van der Waals surface area contributed by atoms with Crippen molar-refractivity contribution in [3.63, 3.8) is 0 Å². The molecule has 0 radical (unpaired) electrons. The molecule has 0 amide bonds. The zero-order chi connectivity index (χ0) is 11.1. The molecule has 0 saturated heterocycles. The highest BCUT2D eigenvalue weighted by Gasteiger charge is 2.42. The van der Waals surface area contributed by atoms with E-state index in [1.54, 1.807) is 0 Å². The molecule has 2 heteroatoms. The molecule has 0 heterocycles. The van der Waals surface area contributed by atoms with Crippen molar-refractivity contribution < 1.29 is 0 Å². The van der Waals surface area contributed by atoms with Gasteiger partial charge in [0.2, 0.25) is 0 Å². The normalized spacial score (nSPS) is 47.8. The van der Waals surface area contributed by atoms with Gasteiger partial charge >= 0.3 is 0 Å². The van der Waals surface area contributed by atoms with Crippen LogP contribution in [0.1, 0.15) is 51.4 Å². The molecule has 0 aromatic carbocycles. The molecule has 16 heavy (non-hydrogen) atoms. The maximum atomic E-state index is 5.99. The summed E-state index contributed by atoms with van der Waals surface area (Å²) in [4.78, 5) is 2.73. The number of hydrogen-bond acceptors (Lipinski definition) is 2. The first kappa shape index (κ1) is 11.0. The van der Waals surface area contributed by atoms with Gasteiger partial charge in [-0.05, 0) is 63.8 Å². The summed E-state index contributed by atoms with van der Waals surface area (Å²) in [7, 11) is 2.38. The molecule has 3 rings (SSSR count). The summed E-state index contributed by atoms with van der Waals surface area (Å²) in [5.74, 6) is 2.11. The molecule has 0 aliphatic heterocycles. The Morgan fingerprint density at radius 3 is 2.25 bits per heavy atom. The molecule has 3 fully saturated rings. The Labute approximate surface area is 99.6 Å². The largest absolute Gasteiger partial charge is 0.328 e. The second-order valence-corrected chi connectivity index (χ2v) is 6.48.